The molecule has 1 aliphatic heterocycles. The number of aliphatic hydroxyl groups is 1. The second kappa shape index (κ2) is 5.18. The highest BCUT2D eigenvalue weighted by molar-refractivity contribution is 7.11. The normalized spacial score (nSPS) is 15.2. The average Bonchev–Trinajstić information content (AvgIpc) is 3.08. The Balaban J connectivity index is 2.00. The first-order chi connectivity index (χ1) is 10.1. The number of anilines is 1. The molecule has 2 heterocycles. The van der Waals surface area contributed by atoms with Crippen LogP contribution < -0.4 is 4.90 Å². The summed E-state index contributed by atoms with van der Waals surface area (Å²) in [5.74, 6) is -1.64. The van der Waals surface area contributed by atoms with Gasteiger partial charge in [-0.2, -0.15) is 0 Å². The lowest BCUT2D eigenvalue weighted by Crippen LogP contribution is -2.31. The van der Waals surface area contributed by atoms with Crippen molar-refractivity contribution >= 4 is 34.4 Å². The molecule has 1 aromatic carbocycles. The molecule has 1 N–H and O–H groups in total. The molecular weight excluding hydrogens is 286 g/mol. The summed E-state index contributed by atoms with van der Waals surface area (Å²) in [4.78, 5) is 26.3. The van der Waals surface area contributed by atoms with Crippen molar-refractivity contribution in [3.63, 3.8) is 0 Å². The molecule has 1 aromatic heterocycles. The van der Waals surface area contributed by atoms with Crippen molar-refractivity contribution in [2.45, 2.75) is 13.3 Å². The Kier molecular flexibility index (Phi) is 3.35. The smallest absolute Gasteiger partial charge is 0.301 e. The number of rotatable bonds is 3. The van der Waals surface area contributed by atoms with Gasteiger partial charge in [-0.05, 0) is 35.6 Å². The Morgan fingerprint density at radius 2 is 1.81 bits per heavy atom. The Labute approximate surface area is 126 Å². The molecule has 4 nitrogen and oxygen atoms in total. The average molecular weight is 299 g/mol. The molecule has 0 fully saturated rings. The predicted octanol–water partition coefficient (Wildman–Crippen LogP) is 3.15. The van der Waals surface area contributed by atoms with Gasteiger partial charge in [-0.25, -0.2) is 4.90 Å². The molecule has 0 saturated heterocycles. The first-order valence-corrected chi connectivity index (χ1v) is 7.46. The van der Waals surface area contributed by atoms with Gasteiger partial charge in [0.25, 0.3) is 5.91 Å². The van der Waals surface area contributed by atoms with E-state index < -0.39 is 17.6 Å². The first-order valence-electron chi connectivity index (χ1n) is 6.58. The number of aryl methyl sites for hydroxylation is 1. The zero-order valence-corrected chi connectivity index (χ0v) is 12.2. The zero-order chi connectivity index (χ0) is 15.0. The molecule has 5 heteroatoms. The van der Waals surface area contributed by atoms with E-state index in [0.717, 1.165) is 16.9 Å². The van der Waals surface area contributed by atoms with Crippen LogP contribution in [0.25, 0.3) is 5.57 Å². The summed E-state index contributed by atoms with van der Waals surface area (Å²) < 4.78 is 0. The second-order valence-electron chi connectivity index (χ2n) is 4.67. The lowest BCUT2D eigenvalue weighted by Gasteiger charge is -2.14. The number of nitrogens with zero attached hydrogens (tertiary/aromatic N) is 1. The Morgan fingerprint density at radius 1 is 1.10 bits per heavy atom. The number of benzene rings is 1. The van der Waals surface area contributed by atoms with E-state index in [1.807, 2.05) is 19.1 Å². The minimum absolute atomic E-state index is 0.0783. The van der Waals surface area contributed by atoms with E-state index in [4.69, 9.17) is 0 Å². The number of hydrogen-bond acceptors (Lipinski definition) is 4. The summed E-state index contributed by atoms with van der Waals surface area (Å²) in [6.07, 6.45) is 0.881. The summed E-state index contributed by atoms with van der Waals surface area (Å²) in [5, 5.41) is 11.8. The molecule has 2 aromatic rings. The van der Waals surface area contributed by atoms with Crippen LogP contribution in [0.3, 0.4) is 0 Å². The van der Waals surface area contributed by atoms with E-state index in [0.29, 0.717) is 10.6 Å². The Morgan fingerprint density at radius 3 is 2.38 bits per heavy atom. The van der Waals surface area contributed by atoms with Crippen molar-refractivity contribution in [2.24, 2.45) is 0 Å². The lowest BCUT2D eigenvalue weighted by molar-refractivity contribution is -0.121. The van der Waals surface area contributed by atoms with Gasteiger partial charge in [-0.1, -0.05) is 25.1 Å². The van der Waals surface area contributed by atoms with Crippen molar-refractivity contribution in [3.8, 4) is 0 Å². The van der Waals surface area contributed by atoms with Crippen LogP contribution in [0.2, 0.25) is 0 Å². The van der Waals surface area contributed by atoms with Gasteiger partial charge in [-0.3, -0.25) is 9.59 Å². The zero-order valence-electron chi connectivity index (χ0n) is 11.4. The number of carbonyl (C=O) groups is 2. The molecule has 0 saturated carbocycles. The highest BCUT2D eigenvalue weighted by Gasteiger charge is 2.40. The number of aliphatic hydroxyl groups excluding tert-OH is 1. The number of amides is 2. The SMILES string of the molecule is CCc1ccc(N2C(=O)C(O)=C(c3cccs3)C2=O)cc1. The van der Waals surface area contributed by atoms with Crippen LogP contribution >= 0.6 is 11.3 Å². The maximum atomic E-state index is 12.5. The van der Waals surface area contributed by atoms with Gasteiger partial charge in [0, 0.05) is 4.88 Å². The fraction of sp³-hybridized carbons (Fsp3) is 0.125. The first kappa shape index (κ1) is 13.6. The topological polar surface area (TPSA) is 57.6 Å². The molecule has 21 heavy (non-hydrogen) atoms. The molecular formula is C16H13NO3S. The van der Waals surface area contributed by atoms with Crippen molar-refractivity contribution in [3.05, 3.63) is 58.0 Å². The van der Waals surface area contributed by atoms with Crippen molar-refractivity contribution in [2.75, 3.05) is 4.90 Å². The van der Waals surface area contributed by atoms with E-state index in [-0.39, 0.29) is 5.57 Å². The fourth-order valence-electron chi connectivity index (χ4n) is 2.28. The van der Waals surface area contributed by atoms with E-state index in [2.05, 4.69) is 0 Å². The molecule has 106 valence electrons. The molecule has 0 spiro atoms. The van der Waals surface area contributed by atoms with Gasteiger partial charge in [0.2, 0.25) is 0 Å². The van der Waals surface area contributed by atoms with Gasteiger partial charge in [0.05, 0.1) is 5.69 Å². The molecule has 2 amide bonds. The number of hydrogen-bond donors (Lipinski definition) is 1. The van der Waals surface area contributed by atoms with Crippen LogP contribution in [-0.2, 0) is 16.0 Å². The highest BCUT2D eigenvalue weighted by Crippen LogP contribution is 2.33. The summed E-state index contributed by atoms with van der Waals surface area (Å²) in [5.41, 5.74) is 1.67. The maximum absolute atomic E-state index is 12.5. The Hall–Kier alpha value is -2.40. The van der Waals surface area contributed by atoms with Crippen LogP contribution in [0.15, 0.2) is 47.5 Å². The summed E-state index contributed by atoms with van der Waals surface area (Å²) >= 11 is 1.32. The molecule has 0 unspecified atom stereocenters. The molecule has 0 aliphatic carbocycles. The van der Waals surface area contributed by atoms with E-state index in [1.165, 1.54) is 11.3 Å². The van der Waals surface area contributed by atoms with Crippen LogP contribution in [0.4, 0.5) is 5.69 Å². The van der Waals surface area contributed by atoms with E-state index in [9.17, 15) is 14.7 Å². The van der Waals surface area contributed by atoms with E-state index >= 15 is 0 Å². The van der Waals surface area contributed by atoms with Crippen LogP contribution in [0, 0.1) is 0 Å². The minimum Gasteiger partial charge on any atom is -0.502 e. The van der Waals surface area contributed by atoms with Crippen molar-refractivity contribution in [1.29, 1.82) is 0 Å². The third kappa shape index (κ3) is 2.15. The third-order valence-corrected chi connectivity index (χ3v) is 4.32. The Bertz CT molecular complexity index is 729. The summed E-state index contributed by atoms with van der Waals surface area (Å²) in [6.45, 7) is 2.03. The standard InChI is InChI=1S/C16H13NO3S/c1-2-10-5-7-11(8-6-10)17-15(19)13(14(18)16(17)20)12-4-3-9-21-12/h3-9,18H,2H2,1H3. The molecule has 0 atom stereocenters. The summed E-state index contributed by atoms with van der Waals surface area (Å²) in [7, 11) is 0. The van der Waals surface area contributed by atoms with Crippen LogP contribution in [-0.4, -0.2) is 16.9 Å². The molecule has 1 aliphatic rings. The third-order valence-electron chi connectivity index (χ3n) is 3.43. The van der Waals surface area contributed by atoms with Gasteiger partial charge in [0.1, 0.15) is 5.57 Å². The fourth-order valence-corrected chi connectivity index (χ4v) is 3.04. The highest BCUT2D eigenvalue weighted by atomic mass is 32.1. The van der Waals surface area contributed by atoms with E-state index in [1.54, 1.807) is 29.6 Å². The maximum Gasteiger partial charge on any atom is 0.301 e. The van der Waals surface area contributed by atoms with Gasteiger partial charge < -0.3 is 5.11 Å². The monoisotopic (exact) mass is 299 g/mol. The summed E-state index contributed by atoms with van der Waals surface area (Å²) in [6, 6.07) is 10.7. The number of thiophene rings is 1. The van der Waals surface area contributed by atoms with Crippen LogP contribution in [0.5, 0.6) is 0 Å². The lowest BCUT2D eigenvalue weighted by atomic mass is 10.1. The number of carbonyl (C=O) groups excluding carboxylic acids is 2. The van der Waals surface area contributed by atoms with Gasteiger partial charge >= 0.3 is 5.91 Å². The second-order valence-corrected chi connectivity index (χ2v) is 5.61. The van der Waals surface area contributed by atoms with Gasteiger partial charge in [0.15, 0.2) is 5.76 Å². The van der Waals surface area contributed by atoms with Crippen LogP contribution in [0.1, 0.15) is 17.4 Å². The largest absolute Gasteiger partial charge is 0.502 e. The van der Waals surface area contributed by atoms with Gasteiger partial charge in [-0.15, -0.1) is 11.3 Å². The molecule has 0 bridgehead atoms. The molecule has 0 radical (unpaired) electrons. The molecule has 3 rings (SSSR count). The minimum atomic E-state index is -0.673. The van der Waals surface area contributed by atoms with Crippen molar-refractivity contribution in [1.82, 2.24) is 0 Å². The predicted molar refractivity (Wildman–Crippen MR) is 82.2 cm³/mol. The van der Waals surface area contributed by atoms with Crippen molar-refractivity contribution < 1.29 is 14.7 Å². The number of imide groups is 1. The quantitative estimate of drug-likeness (QED) is 0.886.